The maximum Gasteiger partial charge on any atom is 0.370 e. The van der Waals surface area contributed by atoms with Gasteiger partial charge in [0.2, 0.25) is 0 Å². The van der Waals surface area contributed by atoms with Gasteiger partial charge in [-0.3, -0.25) is 9.59 Å². The van der Waals surface area contributed by atoms with E-state index in [9.17, 15) is 93.4 Å². The van der Waals surface area contributed by atoms with Gasteiger partial charge >= 0.3 is 5.97 Å². The highest BCUT2D eigenvalue weighted by Crippen LogP contribution is 2.49. The Hall–Kier alpha value is -4.21. The number of carbonyl (C=O) groups is 3. The van der Waals surface area contributed by atoms with Crippen molar-refractivity contribution in [1.29, 1.82) is 0 Å². The number of hydrogen-bond donors (Lipinski definition) is 0. The Kier molecular flexibility index (Phi) is 11.1. The molecular weight excluding hydrogens is 756 g/mol. The minimum atomic E-state index is -6.00. The van der Waals surface area contributed by atoms with Crippen molar-refractivity contribution in [2.75, 3.05) is 0 Å². The molecule has 0 bridgehead atoms. The van der Waals surface area contributed by atoms with E-state index in [1.807, 2.05) is 0 Å². The lowest BCUT2D eigenvalue weighted by atomic mass is 9.91. The summed E-state index contributed by atoms with van der Waals surface area (Å²) in [4.78, 5) is 39.2. The monoisotopic (exact) mass is 773 g/mol. The number of imide groups is 1. The summed E-state index contributed by atoms with van der Waals surface area (Å²) in [6.45, 7) is 0.658. The van der Waals surface area contributed by atoms with Crippen LogP contribution >= 0.6 is 0 Å². The van der Waals surface area contributed by atoms with E-state index in [-0.39, 0.29) is 5.06 Å². The third-order valence-electron chi connectivity index (χ3n) is 7.08. The molecule has 0 atom stereocenters. The van der Waals surface area contributed by atoms with Gasteiger partial charge in [0.1, 0.15) is 5.56 Å². The minimum Gasteiger partial charge on any atom is -0.325 e. The van der Waals surface area contributed by atoms with Gasteiger partial charge in [-0.25, -0.2) is 83.8 Å². The van der Waals surface area contributed by atoms with Crippen molar-refractivity contribution in [3.8, 4) is 11.1 Å². The average Bonchev–Trinajstić information content (AvgIpc) is 3.26. The van der Waals surface area contributed by atoms with E-state index in [1.165, 1.54) is 0 Å². The Morgan fingerprint density at radius 3 is 1.25 bits per heavy atom. The maximum absolute atomic E-state index is 14.9. The van der Waals surface area contributed by atoms with E-state index in [2.05, 4.69) is 4.84 Å². The highest BCUT2D eigenvalue weighted by molar-refractivity contribution is 6.03. The molecule has 1 heterocycles. The van der Waals surface area contributed by atoms with Crippen LogP contribution in [0.2, 0.25) is 0 Å². The Morgan fingerprint density at radius 1 is 0.549 bits per heavy atom. The van der Waals surface area contributed by atoms with Crippen molar-refractivity contribution >= 4 is 17.8 Å². The number of nitrogens with zero attached hydrogens (tertiary/aromatic N) is 1. The summed E-state index contributed by atoms with van der Waals surface area (Å²) >= 11 is 0. The Morgan fingerprint density at radius 2 is 0.882 bits per heavy atom. The first-order chi connectivity index (χ1) is 23.0. The van der Waals surface area contributed by atoms with Gasteiger partial charge in [-0.15, -0.1) is 5.06 Å². The lowest BCUT2D eigenvalue weighted by Gasteiger charge is -2.30. The van der Waals surface area contributed by atoms with Gasteiger partial charge in [-0.1, -0.05) is 6.92 Å². The topological polar surface area (TPSA) is 63.7 Å². The molecule has 23 heteroatoms. The predicted octanol–water partition coefficient (Wildman–Crippen LogP) is 9.29. The van der Waals surface area contributed by atoms with Crippen LogP contribution in [-0.2, 0) is 20.3 Å². The zero-order valence-corrected chi connectivity index (χ0v) is 24.8. The van der Waals surface area contributed by atoms with Crippen molar-refractivity contribution in [2.45, 2.75) is 81.5 Å². The van der Waals surface area contributed by atoms with Gasteiger partial charge in [0.05, 0.1) is 42.4 Å². The highest BCUT2D eigenvalue weighted by Gasteiger charge is 2.56. The molecule has 2 aromatic carbocycles. The summed E-state index contributed by atoms with van der Waals surface area (Å²) < 4.78 is 259. The highest BCUT2D eigenvalue weighted by atomic mass is 19.3. The molecule has 0 N–H and O–H groups in total. The summed E-state index contributed by atoms with van der Waals surface area (Å²) in [6, 6.07) is 0. The molecule has 0 aromatic heterocycles. The second-order valence-corrected chi connectivity index (χ2v) is 11.2. The molecule has 1 fully saturated rings. The van der Waals surface area contributed by atoms with Gasteiger partial charge in [0.15, 0.2) is 46.5 Å². The third kappa shape index (κ3) is 8.47. The smallest absolute Gasteiger partial charge is 0.325 e. The average molecular weight is 773 g/mol. The van der Waals surface area contributed by atoms with E-state index in [1.54, 1.807) is 0 Å². The van der Waals surface area contributed by atoms with Gasteiger partial charge in [0, 0.05) is 19.3 Å². The molecular formula is C28H17F18NO4. The van der Waals surface area contributed by atoms with Crippen molar-refractivity contribution in [3.63, 3.8) is 0 Å². The molecule has 1 aliphatic rings. The van der Waals surface area contributed by atoms with Gasteiger partial charge in [-0.2, -0.15) is 0 Å². The van der Waals surface area contributed by atoms with E-state index < -0.39 is 161 Å². The minimum absolute atomic E-state index is 0.386. The van der Waals surface area contributed by atoms with Crippen molar-refractivity contribution in [3.05, 3.63) is 57.7 Å². The maximum atomic E-state index is 14.9. The fourth-order valence-corrected chi connectivity index (χ4v) is 4.85. The molecule has 0 radical (unpaired) electrons. The molecule has 0 saturated carbocycles. The first kappa shape index (κ1) is 41.2. The van der Waals surface area contributed by atoms with Gasteiger partial charge in [-0.05, 0) is 0 Å². The van der Waals surface area contributed by atoms with Crippen LogP contribution in [0.3, 0.4) is 0 Å². The van der Waals surface area contributed by atoms with Crippen LogP contribution in [0.5, 0.6) is 0 Å². The fraction of sp³-hybridized carbons (Fsp3) is 0.464. The number of alkyl halides is 10. The van der Waals surface area contributed by atoms with E-state index in [4.69, 9.17) is 0 Å². The molecule has 0 unspecified atom stereocenters. The lowest BCUT2D eigenvalue weighted by Crippen LogP contribution is -2.40. The molecule has 0 spiro atoms. The second-order valence-electron chi connectivity index (χ2n) is 11.2. The third-order valence-corrected chi connectivity index (χ3v) is 7.08. The number of hydroxylamine groups is 2. The van der Waals surface area contributed by atoms with Crippen molar-refractivity contribution in [2.24, 2.45) is 0 Å². The summed E-state index contributed by atoms with van der Waals surface area (Å²) in [6.07, 6.45) is -15.0. The van der Waals surface area contributed by atoms with Crippen LogP contribution < -0.4 is 0 Å². The first-order valence-electron chi connectivity index (χ1n) is 13.7. The largest absolute Gasteiger partial charge is 0.370 e. The summed E-state index contributed by atoms with van der Waals surface area (Å²) in [5, 5.41) is -0.386. The molecule has 1 saturated heterocycles. The zero-order valence-electron chi connectivity index (χ0n) is 24.8. The number of halogens is 18. The number of benzene rings is 2. The Balaban J connectivity index is 2.03. The summed E-state index contributed by atoms with van der Waals surface area (Å²) in [5.41, 5.74) is -11.5. The van der Waals surface area contributed by atoms with Crippen LogP contribution in [0.15, 0.2) is 0 Å². The molecule has 2 amide bonds. The zero-order chi connectivity index (χ0) is 39.4. The van der Waals surface area contributed by atoms with E-state index >= 15 is 0 Å². The molecule has 5 nitrogen and oxygen atoms in total. The second kappa shape index (κ2) is 13.7. The van der Waals surface area contributed by atoms with E-state index in [0.717, 1.165) is 0 Å². The number of amides is 2. The molecule has 3 rings (SSSR count). The van der Waals surface area contributed by atoms with E-state index in [0.29, 0.717) is 6.92 Å². The first-order valence-corrected chi connectivity index (χ1v) is 13.7. The van der Waals surface area contributed by atoms with Crippen molar-refractivity contribution < 1.29 is 98.2 Å². The van der Waals surface area contributed by atoms with Gasteiger partial charge < -0.3 is 4.84 Å². The molecule has 2 aromatic rings. The fourth-order valence-electron chi connectivity index (χ4n) is 4.85. The summed E-state index contributed by atoms with van der Waals surface area (Å²) in [7, 11) is 0. The van der Waals surface area contributed by atoms with Crippen LogP contribution in [0.25, 0.3) is 11.1 Å². The Bertz CT molecular complexity index is 1690. The van der Waals surface area contributed by atoms with Crippen LogP contribution in [0.1, 0.15) is 67.8 Å². The quantitative estimate of drug-likeness (QED) is 0.116. The molecule has 0 aliphatic carbocycles. The number of carbonyl (C=O) groups excluding carboxylic acids is 3. The predicted molar refractivity (Wildman–Crippen MR) is 130 cm³/mol. The number of rotatable bonds is 13. The number of hydrogen-bond acceptors (Lipinski definition) is 4. The van der Waals surface area contributed by atoms with Crippen molar-refractivity contribution in [1.82, 2.24) is 5.06 Å². The van der Waals surface area contributed by atoms with Crippen LogP contribution in [0, 0.1) is 46.5 Å². The molecule has 284 valence electrons. The van der Waals surface area contributed by atoms with Crippen LogP contribution in [-0.4, -0.2) is 46.5 Å². The SMILES string of the molecule is CCC(F)(F)CC(F)(F)CC(F)(F)CC(F)(F)CC(F)(F)c1c(F)c(F)c(-c2c(F)c(F)c(C(=O)ON3C(=O)CCC3=O)c(F)c2F)c(F)c1F. The van der Waals surface area contributed by atoms with Crippen LogP contribution in [0.4, 0.5) is 79.0 Å². The molecule has 1 aliphatic heterocycles. The molecule has 51 heavy (non-hydrogen) atoms. The standard InChI is InChI=1S/C28H17F18NO4/c1-2-24(37,38)5-25(39,40)6-26(41,42)7-27(43,44)8-28(45,46)14-21(35)17(31)12(18(32)22(14)36)11-15(29)19(33)13(20(34)16(11)30)23(50)51-47-9(48)3-4-10(47)49/h2-8H2,1H3. The normalized spacial score (nSPS) is 14.9. The summed E-state index contributed by atoms with van der Waals surface area (Å²) in [5.74, 6) is -57.4. The van der Waals surface area contributed by atoms with Gasteiger partial charge in [0.25, 0.3) is 41.4 Å². The Labute approximate surface area is 272 Å². The lowest BCUT2D eigenvalue weighted by molar-refractivity contribution is -0.194.